The summed E-state index contributed by atoms with van der Waals surface area (Å²) in [6.07, 6.45) is 5.42. The van der Waals surface area contributed by atoms with Gasteiger partial charge in [0, 0.05) is 37.1 Å². The number of sulfonamides is 1. The molecule has 0 radical (unpaired) electrons. The smallest absolute Gasteiger partial charge is 0.244 e. The van der Waals surface area contributed by atoms with Crippen LogP contribution in [0.3, 0.4) is 0 Å². The predicted octanol–water partition coefficient (Wildman–Crippen LogP) is 2.74. The molecule has 5 heterocycles. The van der Waals surface area contributed by atoms with E-state index in [1.165, 1.54) is 34.9 Å². The molecule has 5 aromatic rings. The molecule has 1 fully saturated rings. The SMILES string of the molecule is CC1(n2[nH]nc3c(S(=O)(=O)c4ccccc4)nc4nccc4c32)CCN(S(=O)(=O)c2cccnc2)CC1. The van der Waals surface area contributed by atoms with Gasteiger partial charge in [0.1, 0.15) is 15.9 Å². The van der Waals surface area contributed by atoms with Crippen molar-refractivity contribution >= 4 is 41.9 Å². The van der Waals surface area contributed by atoms with E-state index in [-0.39, 0.29) is 33.4 Å². The van der Waals surface area contributed by atoms with Crippen LogP contribution < -0.4 is 0 Å². The van der Waals surface area contributed by atoms with Crippen molar-refractivity contribution in [3.05, 3.63) is 67.1 Å². The summed E-state index contributed by atoms with van der Waals surface area (Å²) in [6.45, 7) is 2.57. The van der Waals surface area contributed by atoms with E-state index in [9.17, 15) is 16.8 Å². The third-order valence-corrected chi connectivity index (χ3v) is 10.5. The van der Waals surface area contributed by atoms with E-state index >= 15 is 0 Å². The van der Waals surface area contributed by atoms with Crippen molar-refractivity contribution in [2.24, 2.45) is 0 Å². The molecule has 0 amide bonds. The zero-order valence-corrected chi connectivity index (χ0v) is 21.4. The van der Waals surface area contributed by atoms with Gasteiger partial charge in [-0.2, -0.15) is 9.40 Å². The minimum Gasteiger partial charge on any atom is -0.263 e. The van der Waals surface area contributed by atoms with Crippen molar-refractivity contribution in [3.63, 3.8) is 0 Å². The Morgan fingerprint density at radius 2 is 1.65 bits per heavy atom. The number of nitrogens with one attached hydrogen (secondary N) is 1. The lowest BCUT2D eigenvalue weighted by molar-refractivity contribution is 0.166. The van der Waals surface area contributed by atoms with E-state index in [1.54, 1.807) is 36.5 Å². The van der Waals surface area contributed by atoms with Gasteiger partial charge in [0.15, 0.2) is 10.7 Å². The maximum Gasteiger partial charge on any atom is 0.244 e. The van der Waals surface area contributed by atoms with E-state index in [4.69, 9.17) is 0 Å². The van der Waals surface area contributed by atoms with Crippen molar-refractivity contribution in [2.45, 2.75) is 40.1 Å². The molecule has 1 aliphatic rings. The second kappa shape index (κ2) is 8.43. The van der Waals surface area contributed by atoms with Gasteiger partial charge in [-0.25, -0.2) is 32.0 Å². The van der Waals surface area contributed by atoms with E-state index in [0.717, 1.165) is 0 Å². The van der Waals surface area contributed by atoms with Crippen molar-refractivity contribution < 1.29 is 16.8 Å². The summed E-state index contributed by atoms with van der Waals surface area (Å²) in [6, 6.07) is 13.0. The van der Waals surface area contributed by atoms with Gasteiger partial charge in [0.05, 0.1) is 10.4 Å². The maximum absolute atomic E-state index is 13.5. The zero-order valence-electron chi connectivity index (χ0n) is 19.8. The van der Waals surface area contributed by atoms with E-state index in [2.05, 4.69) is 25.3 Å². The van der Waals surface area contributed by atoms with Crippen LogP contribution in [0, 0.1) is 0 Å². The van der Waals surface area contributed by atoms with Crippen LogP contribution in [0.15, 0.2) is 81.9 Å². The molecule has 13 heteroatoms. The fraction of sp³-hybridized carbons (Fsp3) is 0.250. The predicted molar refractivity (Wildman–Crippen MR) is 135 cm³/mol. The molecule has 0 saturated carbocycles. The number of hydrogen-bond acceptors (Lipinski definition) is 8. The molecule has 11 nitrogen and oxygen atoms in total. The van der Waals surface area contributed by atoms with Crippen LogP contribution in [-0.2, 0) is 25.4 Å². The minimum absolute atomic E-state index is 0.115. The fourth-order valence-electron chi connectivity index (χ4n) is 4.83. The molecule has 4 aromatic heterocycles. The van der Waals surface area contributed by atoms with Crippen molar-refractivity contribution in [2.75, 3.05) is 13.1 Å². The van der Waals surface area contributed by atoms with Crippen LogP contribution in [0.1, 0.15) is 19.8 Å². The molecule has 37 heavy (non-hydrogen) atoms. The molecule has 0 aliphatic carbocycles. The zero-order chi connectivity index (χ0) is 25.8. The number of H-pyrrole nitrogens is 1. The van der Waals surface area contributed by atoms with Gasteiger partial charge in [0.2, 0.25) is 19.9 Å². The molecule has 190 valence electrons. The van der Waals surface area contributed by atoms with Crippen LogP contribution >= 0.6 is 0 Å². The van der Waals surface area contributed by atoms with Gasteiger partial charge >= 0.3 is 0 Å². The number of aromatic nitrogens is 6. The van der Waals surface area contributed by atoms with E-state index in [1.807, 2.05) is 11.6 Å². The average molecular weight is 538 g/mol. The largest absolute Gasteiger partial charge is 0.263 e. The number of hydrogen-bond donors (Lipinski definition) is 1. The maximum atomic E-state index is 13.5. The molecular weight excluding hydrogens is 514 g/mol. The lowest BCUT2D eigenvalue weighted by Crippen LogP contribution is -2.46. The Balaban J connectivity index is 1.42. The number of sulfone groups is 1. The van der Waals surface area contributed by atoms with Gasteiger partial charge < -0.3 is 0 Å². The molecular formula is C24H23N7O4S2. The highest BCUT2D eigenvalue weighted by molar-refractivity contribution is 7.91. The Morgan fingerprint density at radius 1 is 0.919 bits per heavy atom. The van der Waals surface area contributed by atoms with Crippen LogP contribution in [-0.4, -0.2) is 64.2 Å². The van der Waals surface area contributed by atoms with E-state index < -0.39 is 25.4 Å². The number of aromatic amines is 1. The van der Waals surface area contributed by atoms with E-state index in [0.29, 0.717) is 29.4 Å². The Labute approximate surface area is 213 Å². The number of fused-ring (bicyclic) bond motifs is 3. The minimum atomic E-state index is -3.97. The molecule has 1 saturated heterocycles. The van der Waals surface area contributed by atoms with Crippen molar-refractivity contribution in [1.29, 1.82) is 0 Å². The normalized spacial score (nSPS) is 16.9. The monoisotopic (exact) mass is 537 g/mol. The van der Waals surface area contributed by atoms with Crippen LogP contribution in [0.2, 0.25) is 0 Å². The third kappa shape index (κ3) is 3.72. The highest BCUT2D eigenvalue weighted by Gasteiger charge is 2.39. The molecule has 1 aliphatic heterocycles. The van der Waals surface area contributed by atoms with Gasteiger partial charge in [-0.05, 0) is 50.1 Å². The molecule has 1 aromatic carbocycles. The number of nitrogens with zero attached hydrogens (tertiary/aromatic N) is 6. The first-order valence-electron chi connectivity index (χ1n) is 11.6. The van der Waals surface area contributed by atoms with Crippen LogP contribution in [0.5, 0.6) is 0 Å². The summed E-state index contributed by atoms with van der Waals surface area (Å²) in [4.78, 5) is 12.9. The van der Waals surface area contributed by atoms with Gasteiger partial charge in [0.25, 0.3) is 0 Å². The molecule has 0 unspecified atom stereocenters. The summed E-state index contributed by atoms with van der Waals surface area (Å²) < 4.78 is 56.6. The van der Waals surface area contributed by atoms with Gasteiger partial charge in [-0.1, -0.05) is 18.2 Å². The van der Waals surface area contributed by atoms with Crippen LogP contribution in [0.25, 0.3) is 22.1 Å². The topological polar surface area (TPSA) is 144 Å². The lowest BCUT2D eigenvalue weighted by atomic mass is 9.90. The number of benzene rings is 1. The quantitative estimate of drug-likeness (QED) is 0.360. The Bertz CT molecular complexity index is 1830. The fourth-order valence-corrected chi connectivity index (χ4v) is 7.57. The Hall–Kier alpha value is -3.68. The molecule has 0 spiro atoms. The molecule has 0 bridgehead atoms. The van der Waals surface area contributed by atoms with Gasteiger partial charge in [-0.3, -0.25) is 9.67 Å². The lowest BCUT2D eigenvalue weighted by Gasteiger charge is -2.39. The molecule has 1 N–H and O–H groups in total. The number of piperidine rings is 1. The highest BCUT2D eigenvalue weighted by Crippen LogP contribution is 2.37. The Kier molecular flexibility index (Phi) is 5.40. The molecule has 6 rings (SSSR count). The average Bonchev–Trinajstić information content (AvgIpc) is 3.57. The Morgan fingerprint density at radius 3 is 2.35 bits per heavy atom. The second-order valence-corrected chi connectivity index (χ2v) is 13.1. The van der Waals surface area contributed by atoms with Gasteiger partial charge in [-0.15, -0.1) is 0 Å². The summed E-state index contributed by atoms with van der Waals surface area (Å²) in [5, 5.41) is 7.91. The third-order valence-electron chi connectivity index (χ3n) is 6.97. The number of rotatable bonds is 5. The number of pyridine rings is 2. The summed E-state index contributed by atoms with van der Waals surface area (Å²) in [7, 11) is -7.64. The first kappa shape index (κ1) is 23.7. The highest BCUT2D eigenvalue weighted by atomic mass is 32.2. The van der Waals surface area contributed by atoms with Crippen molar-refractivity contribution in [1.82, 2.24) is 34.3 Å². The summed E-state index contributed by atoms with van der Waals surface area (Å²) in [5.41, 5.74) is 0.533. The summed E-state index contributed by atoms with van der Waals surface area (Å²) >= 11 is 0. The molecule has 0 atom stereocenters. The standard InChI is InChI=1S/C24H23N7O4S2/c1-24(10-14-30(15-11-24)37(34,35)18-8-5-12-25-16-18)31-21-19-9-13-26-22(19)27-23(20(21)28-29-31)36(32,33)17-6-3-2-4-7-17/h2-9,12-13,16,29H,10-11,14-15H2,1H3. The second-order valence-electron chi connectivity index (χ2n) is 9.25. The summed E-state index contributed by atoms with van der Waals surface area (Å²) in [5.74, 6) is 0. The first-order valence-corrected chi connectivity index (χ1v) is 14.6. The van der Waals surface area contributed by atoms with Crippen LogP contribution in [0.4, 0.5) is 0 Å². The van der Waals surface area contributed by atoms with Crippen molar-refractivity contribution in [3.8, 4) is 0 Å². The first-order chi connectivity index (χ1) is 17.7.